The van der Waals surface area contributed by atoms with Crippen LogP contribution < -0.4 is 10.1 Å². The third kappa shape index (κ3) is 3.51. The first-order valence-corrected chi connectivity index (χ1v) is 8.47. The van der Waals surface area contributed by atoms with Crippen molar-refractivity contribution in [3.63, 3.8) is 0 Å². The van der Waals surface area contributed by atoms with Crippen molar-refractivity contribution in [3.8, 4) is 5.75 Å². The minimum absolute atomic E-state index is 0.0767. The van der Waals surface area contributed by atoms with Crippen molar-refractivity contribution >= 4 is 17.7 Å². The van der Waals surface area contributed by atoms with Crippen LogP contribution in [0.4, 0.5) is 4.79 Å². The van der Waals surface area contributed by atoms with Gasteiger partial charge in [0.1, 0.15) is 24.0 Å². The molecule has 3 rings (SSSR count). The maximum atomic E-state index is 12.5. The molecule has 1 aromatic carbocycles. The van der Waals surface area contributed by atoms with E-state index in [1.165, 1.54) is 6.92 Å². The van der Waals surface area contributed by atoms with Crippen molar-refractivity contribution in [2.24, 2.45) is 0 Å². The number of urea groups is 1. The number of aliphatic hydroxyl groups is 1. The van der Waals surface area contributed by atoms with Crippen molar-refractivity contribution in [3.05, 3.63) is 29.8 Å². The maximum absolute atomic E-state index is 12.5. The van der Waals surface area contributed by atoms with E-state index in [0.717, 1.165) is 17.7 Å². The highest BCUT2D eigenvalue weighted by atomic mass is 16.5. The Morgan fingerprint density at radius 1 is 1.36 bits per heavy atom. The Morgan fingerprint density at radius 3 is 2.76 bits per heavy atom. The molecule has 2 fully saturated rings. The first-order valence-electron chi connectivity index (χ1n) is 8.47. The molecule has 1 unspecified atom stereocenters. The molecule has 1 saturated carbocycles. The summed E-state index contributed by atoms with van der Waals surface area (Å²) in [7, 11) is 0. The molecule has 1 aliphatic heterocycles. The standard InChI is InChI=1S/C18H22N2O5/c1-12(21)13-5-4-6-15(9-13)25-11-14(22)10-20-16(23)18(19-17(20)24)7-2-3-8-18/h4-6,9,14,22H,2-3,7-8,10-11H2,1H3,(H,19,24). The third-order valence-corrected chi connectivity index (χ3v) is 4.78. The molecule has 25 heavy (non-hydrogen) atoms. The molecule has 1 aromatic rings. The second-order valence-corrected chi connectivity index (χ2v) is 6.68. The molecule has 1 saturated heterocycles. The topological polar surface area (TPSA) is 95.9 Å². The lowest BCUT2D eigenvalue weighted by molar-refractivity contribution is -0.132. The molecule has 1 atom stereocenters. The molecule has 7 nitrogen and oxygen atoms in total. The maximum Gasteiger partial charge on any atom is 0.325 e. The Hall–Kier alpha value is -2.41. The number of benzene rings is 1. The summed E-state index contributed by atoms with van der Waals surface area (Å²) in [6, 6.07) is 6.19. The van der Waals surface area contributed by atoms with Crippen LogP contribution in [0.3, 0.4) is 0 Å². The summed E-state index contributed by atoms with van der Waals surface area (Å²) in [4.78, 5) is 37.0. The molecule has 2 N–H and O–H groups in total. The van der Waals surface area contributed by atoms with Crippen LogP contribution in [-0.2, 0) is 4.79 Å². The highest BCUT2D eigenvalue weighted by Gasteiger charge is 2.52. The van der Waals surface area contributed by atoms with Gasteiger partial charge in [0, 0.05) is 5.56 Å². The number of carbonyl (C=O) groups excluding carboxylic acids is 3. The zero-order valence-electron chi connectivity index (χ0n) is 14.2. The summed E-state index contributed by atoms with van der Waals surface area (Å²) >= 11 is 0. The van der Waals surface area contributed by atoms with Gasteiger partial charge in [0.15, 0.2) is 5.78 Å². The Balaban J connectivity index is 1.57. The average Bonchev–Trinajstić information content (AvgIpc) is 3.14. The van der Waals surface area contributed by atoms with Gasteiger partial charge in [0.05, 0.1) is 6.54 Å². The van der Waals surface area contributed by atoms with Crippen LogP contribution in [0.2, 0.25) is 0 Å². The predicted octanol–water partition coefficient (Wildman–Crippen LogP) is 1.49. The first-order chi connectivity index (χ1) is 11.9. The molecule has 2 aliphatic rings. The smallest absolute Gasteiger partial charge is 0.325 e. The van der Waals surface area contributed by atoms with E-state index in [1.54, 1.807) is 24.3 Å². The van der Waals surface area contributed by atoms with E-state index in [-0.39, 0.29) is 24.8 Å². The Morgan fingerprint density at radius 2 is 2.08 bits per heavy atom. The van der Waals surface area contributed by atoms with E-state index in [0.29, 0.717) is 24.2 Å². The zero-order chi connectivity index (χ0) is 18.0. The summed E-state index contributed by atoms with van der Waals surface area (Å²) in [6.45, 7) is 1.27. The molecule has 1 heterocycles. The fraction of sp³-hybridized carbons (Fsp3) is 0.500. The van der Waals surface area contributed by atoms with Crippen LogP contribution in [0, 0.1) is 0 Å². The van der Waals surface area contributed by atoms with Gasteiger partial charge >= 0.3 is 6.03 Å². The summed E-state index contributed by atoms with van der Waals surface area (Å²) in [5.41, 5.74) is -0.253. The van der Waals surface area contributed by atoms with E-state index < -0.39 is 17.7 Å². The van der Waals surface area contributed by atoms with E-state index >= 15 is 0 Å². The number of ketones is 1. The molecule has 134 valence electrons. The van der Waals surface area contributed by atoms with E-state index in [1.807, 2.05) is 0 Å². The van der Waals surface area contributed by atoms with E-state index in [2.05, 4.69) is 5.32 Å². The number of aliphatic hydroxyl groups excluding tert-OH is 1. The summed E-state index contributed by atoms with van der Waals surface area (Å²) in [5.74, 6) is 0.121. The second kappa shape index (κ2) is 6.84. The lowest BCUT2D eigenvalue weighted by atomic mass is 9.98. The molecule has 7 heteroatoms. The van der Waals surface area contributed by atoms with Gasteiger partial charge in [-0.3, -0.25) is 14.5 Å². The largest absolute Gasteiger partial charge is 0.491 e. The number of β-amino-alcohol motifs (C(OH)–C–C–N with tert-alkyl or cyclic N) is 1. The van der Waals surface area contributed by atoms with Gasteiger partial charge in [-0.1, -0.05) is 25.0 Å². The first kappa shape index (κ1) is 17.4. The number of ether oxygens (including phenoxy) is 1. The van der Waals surface area contributed by atoms with Crippen LogP contribution in [0.25, 0.3) is 0 Å². The summed E-state index contributed by atoms with van der Waals surface area (Å²) < 4.78 is 5.48. The van der Waals surface area contributed by atoms with Crippen LogP contribution >= 0.6 is 0 Å². The summed E-state index contributed by atoms with van der Waals surface area (Å²) in [6.07, 6.45) is 2.12. The molecular formula is C18H22N2O5. The number of imide groups is 1. The predicted molar refractivity (Wildman–Crippen MR) is 89.4 cm³/mol. The molecule has 1 aliphatic carbocycles. The van der Waals surface area contributed by atoms with Crippen LogP contribution in [0.15, 0.2) is 24.3 Å². The molecule has 1 spiro atoms. The van der Waals surface area contributed by atoms with E-state index in [9.17, 15) is 19.5 Å². The second-order valence-electron chi connectivity index (χ2n) is 6.68. The SMILES string of the molecule is CC(=O)c1cccc(OCC(O)CN2C(=O)NC3(CCCC3)C2=O)c1. The Labute approximate surface area is 146 Å². The van der Waals surface area contributed by atoms with Crippen molar-refractivity contribution in [2.45, 2.75) is 44.2 Å². The quantitative estimate of drug-likeness (QED) is 0.601. The average molecular weight is 346 g/mol. The molecule has 3 amide bonds. The Kier molecular flexibility index (Phi) is 4.76. The normalized spacial score (nSPS) is 20.0. The Bertz CT molecular complexity index is 696. The molecule has 0 aromatic heterocycles. The minimum Gasteiger partial charge on any atom is -0.491 e. The van der Waals surface area contributed by atoms with Gasteiger partial charge in [0.2, 0.25) is 0 Å². The van der Waals surface area contributed by atoms with Crippen molar-refractivity contribution in [2.75, 3.05) is 13.2 Å². The molecule has 0 radical (unpaired) electrons. The number of amides is 3. The number of hydrogen-bond acceptors (Lipinski definition) is 5. The molecular weight excluding hydrogens is 324 g/mol. The zero-order valence-corrected chi connectivity index (χ0v) is 14.2. The van der Waals surface area contributed by atoms with Crippen LogP contribution in [0.1, 0.15) is 43.0 Å². The van der Waals surface area contributed by atoms with Crippen LogP contribution in [0.5, 0.6) is 5.75 Å². The lowest BCUT2D eigenvalue weighted by Crippen LogP contribution is -2.45. The minimum atomic E-state index is -1.01. The summed E-state index contributed by atoms with van der Waals surface area (Å²) in [5, 5.41) is 12.9. The fourth-order valence-electron chi connectivity index (χ4n) is 3.42. The van der Waals surface area contributed by atoms with Gasteiger partial charge in [-0.15, -0.1) is 0 Å². The number of hydrogen-bond donors (Lipinski definition) is 2. The van der Waals surface area contributed by atoms with Gasteiger partial charge in [-0.05, 0) is 31.9 Å². The monoisotopic (exact) mass is 346 g/mol. The van der Waals surface area contributed by atoms with Gasteiger partial charge in [0.25, 0.3) is 5.91 Å². The van der Waals surface area contributed by atoms with Gasteiger partial charge < -0.3 is 15.2 Å². The highest BCUT2D eigenvalue weighted by molar-refractivity contribution is 6.07. The van der Waals surface area contributed by atoms with Gasteiger partial charge in [-0.25, -0.2) is 4.79 Å². The van der Waals surface area contributed by atoms with Crippen LogP contribution in [-0.4, -0.2) is 52.5 Å². The third-order valence-electron chi connectivity index (χ3n) is 4.78. The number of Topliss-reactive ketones (excluding diaryl/α,β-unsaturated/α-hetero) is 1. The van der Waals surface area contributed by atoms with Crippen molar-refractivity contribution < 1.29 is 24.2 Å². The fourth-order valence-corrected chi connectivity index (χ4v) is 3.42. The van der Waals surface area contributed by atoms with Crippen molar-refractivity contribution in [1.82, 2.24) is 10.2 Å². The highest BCUT2D eigenvalue weighted by Crippen LogP contribution is 2.35. The molecule has 0 bridgehead atoms. The lowest BCUT2D eigenvalue weighted by Gasteiger charge is -2.21. The number of carbonyl (C=O) groups is 3. The number of nitrogens with zero attached hydrogens (tertiary/aromatic N) is 1. The van der Waals surface area contributed by atoms with E-state index in [4.69, 9.17) is 4.74 Å². The number of nitrogens with one attached hydrogen (secondary N) is 1. The van der Waals surface area contributed by atoms with Crippen molar-refractivity contribution in [1.29, 1.82) is 0 Å². The van der Waals surface area contributed by atoms with Gasteiger partial charge in [-0.2, -0.15) is 0 Å². The number of rotatable bonds is 6.